The van der Waals surface area contributed by atoms with E-state index in [0.29, 0.717) is 0 Å². The van der Waals surface area contributed by atoms with Gasteiger partial charge in [0.2, 0.25) is 5.91 Å². The van der Waals surface area contributed by atoms with E-state index in [1.54, 1.807) is 0 Å². The minimum atomic E-state index is 0.0128. The molecule has 2 heterocycles. The number of nitrogens with one attached hydrogen (secondary N) is 1. The van der Waals surface area contributed by atoms with Crippen molar-refractivity contribution in [3.63, 3.8) is 0 Å². The Morgan fingerprint density at radius 1 is 1.45 bits per heavy atom. The second kappa shape index (κ2) is 5.31. The number of hydrogen-bond donors (Lipinski definition) is 1. The Labute approximate surface area is 120 Å². The van der Waals surface area contributed by atoms with E-state index in [4.69, 9.17) is 0 Å². The van der Waals surface area contributed by atoms with Gasteiger partial charge in [0, 0.05) is 30.0 Å². The molecule has 1 amide bonds. The van der Waals surface area contributed by atoms with Gasteiger partial charge in [0.25, 0.3) is 0 Å². The highest BCUT2D eigenvalue weighted by molar-refractivity contribution is 5.88. The van der Waals surface area contributed by atoms with Crippen molar-refractivity contribution in [1.82, 2.24) is 10.2 Å². The van der Waals surface area contributed by atoms with Gasteiger partial charge >= 0.3 is 0 Å². The Kier molecular flexibility index (Phi) is 3.51. The van der Waals surface area contributed by atoms with Gasteiger partial charge in [-0.2, -0.15) is 0 Å². The summed E-state index contributed by atoms with van der Waals surface area (Å²) < 4.78 is 0. The van der Waals surface area contributed by atoms with Crippen LogP contribution in [-0.2, 0) is 4.79 Å². The number of carbonyl (C=O) groups excluding carboxylic acids is 1. The molecule has 20 heavy (non-hydrogen) atoms. The number of fused-ring (bicyclic) bond motifs is 2. The lowest BCUT2D eigenvalue weighted by Gasteiger charge is -2.24. The van der Waals surface area contributed by atoms with Crippen molar-refractivity contribution in [2.75, 3.05) is 13.1 Å². The summed E-state index contributed by atoms with van der Waals surface area (Å²) in [5, 5.41) is 5.64. The van der Waals surface area contributed by atoms with Crippen LogP contribution in [0.5, 0.6) is 0 Å². The molecule has 2 aliphatic rings. The van der Waals surface area contributed by atoms with E-state index < -0.39 is 0 Å². The van der Waals surface area contributed by atoms with Gasteiger partial charge < -0.3 is 10.2 Å². The average Bonchev–Trinajstić information content (AvgIpc) is 2.91. The molecule has 1 aromatic carbocycles. The van der Waals surface area contributed by atoms with Crippen LogP contribution < -0.4 is 15.8 Å². The number of carbonyl (C=O) groups is 1. The molecule has 1 saturated heterocycles. The molecule has 0 radical (unpaired) electrons. The Morgan fingerprint density at radius 2 is 2.25 bits per heavy atom. The van der Waals surface area contributed by atoms with Crippen molar-refractivity contribution >= 4 is 17.7 Å². The third-order valence-corrected chi connectivity index (χ3v) is 4.44. The lowest BCUT2D eigenvalue weighted by atomic mass is 9.99. The summed E-state index contributed by atoms with van der Waals surface area (Å²) in [6, 6.07) is 8.66. The second-order valence-electron chi connectivity index (χ2n) is 5.78. The molecule has 0 spiro atoms. The molecule has 106 valence electrons. The quantitative estimate of drug-likeness (QED) is 0.882. The SMILES string of the molecule is CCC(C)NC(=O)C1CCN2CC=c3ccccc3=C12. The second-order valence-corrected chi connectivity index (χ2v) is 5.78. The Bertz CT molecular complexity index is 635. The minimum absolute atomic E-state index is 0.0128. The molecule has 3 nitrogen and oxygen atoms in total. The number of benzene rings is 1. The van der Waals surface area contributed by atoms with Crippen LogP contribution >= 0.6 is 0 Å². The van der Waals surface area contributed by atoms with Gasteiger partial charge in [-0.25, -0.2) is 0 Å². The summed E-state index contributed by atoms with van der Waals surface area (Å²) in [5.41, 5.74) is 1.23. The van der Waals surface area contributed by atoms with Crippen molar-refractivity contribution in [2.45, 2.75) is 32.7 Å². The lowest BCUT2D eigenvalue weighted by Crippen LogP contribution is -2.42. The van der Waals surface area contributed by atoms with Crippen LogP contribution in [0.15, 0.2) is 24.3 Å². The molecule has 1 fully saturated rings. The van der Waals surface area contributed by atoms with Gasteiger partial charge in [-0.3, -0.25) is 4.79 Å². The van der Waals surface area contributed by atoms with Crippen LogP contribution in [0.25, 0.3) is 11.8 Å². The zero-order valence-corrected chi connectivity index (χ0v) is 12.2. The van der Waals surface area contributed by atoms with Gasteiger partial charge in [-0.05, 0) is 25.0 Å². The fourth-order valence-corrected chi connectivity index (χ4v) is 3.13. The first kappa shape index (κ1) is 13.2. The van der Waals surface area contributed by atoms with Crippen LogP contribution in [-0.4, -0.2) is 29.9 Å². The highest BCUT2D eigenvalue weighted by atomic mass is 16.2. The van der Waals surface area contributed by atoms with E-state index in [9.17, 15) is 4.79 Å². The molecule has 0 aromatic heterocycles. The maximum Gasteiger partial charge on any atom is 0.229 e. The number of nitrogens with zero attached hydrogens (tertiary/aromatic N) is 1. The molecule has 3 rings (SSSR count). The summed E-state index contributed by atoms with van der Waals surface area (Å²) in [7, 11) is 0. The van der Waals surface area contributed by atoms with Gasteiger partial charge in [0.05, 0.1) is 5.92 Å². The van der Waals surface area contributed by atoms with E-state index >= 15 is 0 Å². The Hall–Kier alpha value is -1.77. The predicted molar refractivity (Wildman–Crippen MR) is 81.1 cm³/mol. The molecule has 0 saturated carbocycles. The summed E-state index contributed by atoms with van der Waals surface area (Å²) in [6.45, 7) is 6.08. The molecular formula is C17H22N2O. The van der Waals surface area contributed by atoms with Crippen LogP contribution in [0.4, 0.5) is 0 Å². The highest BCUT2D eigenvalue weighted by Crippen LogP contribution is 2.29. The van der Waals surface area contributed by atoms with E-state index in [0.717, 1.165) is 25.9 Å². The topological polar surface area (TPSA) is 32.3 Å². The van der Waals surface area contributed by atoms with Gasteiger partial charge in [0.15, 0.2) is 0 Å². The molecule has 3 heteroatoms. The fourth-order valence-electron chi connectivity index (χ4n) is 3.13. The Morgan fingerprint density at radius 3 is 3.05 bits per heavy atom. The largest absolute Gasteiger partial charge is 0.370 e. The minimum Gasteiger partial charge on any atom is -0.370 e. The van der Waals surface area contributed by atoms with E-state index in [-0.39, 0.29) is 17.9 Å². The summed E-state index contributed by atoms with van der Waals surface area (Å²) >= 11 is 0. The molecule has 1 N–H and O–H groups in total. The van der Waals surface area contributed by atoms with Crippen LogP contribution in [0.1, 0.15) is 26.7 Å². The summed E-state index contributed by atoms with van der Waals surface area (Å²) in [4.78, 5) is 14.9. The number of amides is 1. The fraction of sp³-hybridized carbons (Fsp3) is 0.471. The molecule has 1 aromatic rings. The maximum atomic E-state index is 12.5. The molecule has 0 bridgehead atoms. The standard InChI is InChI=1S/C17H22N2O/c1-3-12(2)18-17(20)15-9-11-19-10-8-13-6-4-5-7-14(13)16(15)19/h4-8,12,15H,3,9-11H2,1-2H3,(H,18,20). The molecule has 2 aliphatic heterocycles. The molecule has 2 atom stereocenters. The average molecular weight is 270 g/mol. The van der Waals surface area contributed by atoms with Crippen molar-refractivity contribution in [3.8, 4) is 0 Å². The zero-order valence-electron chi connectivity index (χ0n) is 12.2. The molecule has 0 aliphatic carbocycles. The predicted octanol–water partition coefficient (Wildman–Crippen LogP) is 0.825. The van der Waals surface area contributed by atoms with Gasteiger partial charge in [-0.1, -0.05) is 37.3 Å². The van der Waals surface area contributed by atoms with Crippen molar-refractivity contribution in [3.05, 3.63) is 34.7 Å². The van der Waals surface area contributed by atoms with Crippen LogP contribution in [0, 0.1) is 5.92 Å². The van der Waals surface area contributed by atoms with E-state index in [1.165, 1.54) is 16.1 Å². The van der Waals surface area contributed by atoms with E-state index in [2.05, 4.69) is 54.4 Å². The first-order valence-electron chi connectivity index (χ1n) is 7.55. The van der Waals surface area contributed by atoms with Crippen LogP contribution in [0.2, 0.25) is 0 Å². The third kappa shape index (κ3) is 2.21. The first-order chi connectivity index (χ1) is 9.70. The van der Waals surface area contributed by atoms with Gasteiger partial charge in [0.1, 0.15) is 0 Å². The van der Waals surface area contributed by atoms with Crippen molar-refractivity contribution < 1.29 is 4.79 Å². The van der Waals surface area contributed by atoms with Crippen molar-refractivity contribution in [2.24, 2.45) is 5.92 Å². The molecular weight excluding hydrogens is 248 g/mol. The third-order valence-electron chi connectivity index (χ3n) is 4.44. The number of hydrogen-bond acceptors (Lipinski definition) is 2. The maximum absolute atomic E-state index is 12.5. The summed E-state index contributed by atoms with van der Waals surface area (Å²) in [5.74, 6) is 0.201. The smallest absolute Gasteiger partial charge is 0.229 e. The summed E-state index contributed by atoms with van der Waals surface area (Å²) in [6.07, 6.45) is 4.16. The van der Waals surface area contributed by atoms with Crippen LogP contribution in [0.3, 0.4) is 0 Å². The first-order valence-corrected chi connectivity index (χ1v) is 7.55. The highest BCUT2D eigenvalue weighted by Gasteiger charge is 2.34. The molecule has 2 unspecified atom stereocenters. The normalized spacial score (nSPS) is 21.8. The number of rotatable bonds is 3. The van der Waals surface area contributed by atoms with E-state index in [1.807, 2.05) is 0 Å². The Balaban J connectivity index is 1.99. The van der Waals surface area contributed by atoms with Gasteiger partial charge in [-0.15, -0.1) is 0 Å². The lowest BCUT2D eigenvalue weighted by molar-refractivity contribution is -0.123. The monoisotopic (exact) mass is 270 g/mol. The van der Waals surface area contributed by atoms with Crippen molar-refractivity contribution in [1.29, 1.82) is 0 Å². The zero-order chi connectivity index (χ0) is 14.1.